The van der Waals surface area contributed by atoms with E-state index in [0.29, 0.717) is 5.56 Å². The number of fused-ring (bicyclic) bond motifs is 1. The summed E-state index contributed by atoms with van der Waals surface area (Å²) in [5.41, 5.74) is 2.52. The van der Waals surface area contributed by atoms with Gasteiger partial charge < -0.3 is 5.32 Å². The number of benzene rings is 2. The highest BCUT2D eigenvalue weighted by Crippen LogP contribution is 2.24. The van der Waals surface area contributed by atoms with Gasteiger partial charge in [0.05, 0.1) is 11.6 Å². The van der Waals surface area contributed by atoms with E-state index in [4.69, 9.17) is 0 Å². The van der Waals surface area contributed by atoms with Crippen molar-refractivity contribution in [3.05, 3.63) is 76.4 Å². The second kappa shape index (κ2) is 6.28. The van der Waals surface area contributed by atoms with E-state index in [0.717, 1.165) is 20.9 Å². The fraction of sp³-hybridized carbons (Fsp3) is 0.111. The van der Waals surface area contributed by atoms with Crippen molar-refractivity contribution in [2.24, 2.45) is 0 Å². The van der Waals surface area contributed by atoms with Gasteiger partial charge in [-0.15, -0.1) is 0 Å². The zero-order valence-electron chi connectivity index (χ0n) is 12.1. The number of pyridine rings is 1. The third-order valence-corrected chi connectivity index (χ3v) is 4.33. The lowest BCUT2D eigenvalue weighted by atomic mass is 10.1. The van der Waals surface area contributed by atoms with E-state index in [1.807, 2.05) is 61.5 Å². The van der Waals surface area contributed by atoms with Crippen LogP contribution in [0.4, 0.5) is 0 Å². The molecule has 1 amide bonds. The average Bonchev–Trinajstić information content (AvgIpc) is 2.54. The number of amides is 1. The van der Waals surface area contributed by atoms with Crippen LogP contribution in [0.25, 0.3) is 10.9 Å². The average molecular weight is 355 g/mol. The molecule has 0 aliphatic rings. The largest absolute Gasteiger partial charge is 0.345 e. The summed E-state index contributed by atoms with van der Waals surface area (Å²) < 4.78 is 0.988. The first-order valence-electron chi connectivity index (χ1n) is 7.06. The zero-order chi connectivity index (χ0) is 15.5. The summed E-state index contributed by atoms with van der Waals surface area (Å²) in [4.78, 5) is 16.9. The molecule has 1 N–H and O–H groups in total. The Hall–Kier alpha value is -2.20. The van der Waals surface area contributed by atoms with Gasteiger partial charge in [0.25, 0.3) is 5.91 Å². The van der Waals surface area contributed by atoms with E-state index < -0.39 is 0 Å². The third kappa shape index (κ3) is 2.88. The Morgan fingerprint density at radius 1 is 1.09 bits per heavy atom. The van der Waals surface area contributed by atoms with Gasteiger partial charge in [0.1, 0.15) is 0 Å². The Kier molecular flexibility index (Phi) is 4.20. The SMILES string of the molecule is C[C@H](NC(=O)c1cccc2ncccc12)c1ccccc1Br. The Bertz CT molecular complexity index is 827. The summed E-state index contributed by atoms with van der Waals surface area (Å²) in [6.07, 6.45) is 1.73. The summed E-state index contributed by atoms with van der Waals surface area (Å²) in [5.74, 6) is -0.0955. The maximum atomic E-state index is 12.6. The lowest BCUT2D eigenvalue weighted by molar-refractivity contribution is 0.0941. The van der Waals surface area contributed by atoms with Gasteiger partial charge in [-0.3, -0.25) is 9.78 Å². The minimum atomic E-state index is -0.0955. The summed E-state index contributed by atoms with van der Waals surface area (Å²) in [6, 6.07) is 17.2. The first-order valence-corrected chi connectivity index (χ1v) is 7.85. The van der Waals surface area contributed by atoms with Crippen molar-refractivity contribution in [3.8, 4) is 0 Å². The first-order chi connectivity index (χ1) is 10.7. The molecule has 4 heteroatoms. The van der Waals surface area contributed by atoms with Crippen LogP contribution in [-0.4, -0.2) is 10.9 Å². The van der Waals surface area contributed by atoms with Gasteiger partial charge in [-0.2, -0.15) is 0 Å². The minimum Gasteiger partial charge on any atom is -0.345 e. The summed E-state index contributed by atoms with van der Waals surface area (Å²) >= 11 is 3.52. The van der Waals surface area contributed by atoms with Crippen LogP contribution in [0.5, 0.6) is 0 Å². The van der Waals surface area contributed by atoms with Gasteiger partial charge in [0, 0.05) is 21.6 Å². The van der Waals surface area contributed by atoms with E-state index in [1.54, 1.807) is 6.20 Å². The smallest absolute Gasteiger partial charge is 0.252 e. The fourth-order valence-corrected chi connectivity index (χ4v) is 3.11. The molecule has 1 atom stereocenters. The highest BCUT2D eigenvalue weighted by Gasteiger charge is 2.15. The number of hydrogen-bond acceptors (Lipinski definition) is 2. The molecule has 0 unspecified atom stereocenters. The normalized spacial score (nSPS) is 12.1. The molecule has 110 valence electrons. The van der Waals surface area contributed by atoms with Gasteiger partial charge in [-0.25, -0.2) is 0 Å². The fourth-order valence-electron chi connectivity index (χ4n) is 2.48. The maximum absolute atomic E-state index is 12.6. The van der Waals surface area contributed by atoms with Gasteiger partial charge in [-0.1, -0.05) is 46.3 Å². The topological polar surface area (TPSA) is 42.0 Å². The Morgan fingerprint density at radius 2 is 1.91 bits per heavy atom. The predicted octanol–water partition coefficient (Wildman–Crippen LogP) is 4.49. The van der Waals surface area contributed by atoms with Gasteiger partial charge in [0.15, 0.2) is 0 Å². The van der Waals surface area contributed by atoms with Crippen LogP contribution in [0.2, 0.25) is 0 Å². The molecule has 1 heterocycles. The molecule has 0 saturated carbocycles. The molecule has 0 fully saturated rings. The zero-order valence-corrected chi connectivity index (χ0v) is 13.7. The molecular weight excluding hydrogens is 340 g/mol. The molecule has 0 radical (unpaired) electrons. The minimum absolute atomic E-state index is 0.0880. The summed E-state index contributed by atoms with van der Waals surface area (Å²) in [7, 11) is 0. The van der Waals surface area contributed by atoms with Crippen molar-refractivity contribution in [2.45, 2.75) is 13.0 Å². The Balaban J connectivity index is 1.89. The van der Waals surface area contributed by atoms with Gasteiger partial charge in [0.2, 0.25) is 0 Å². The lowest BCUT2D eigenvalue weighted by Gasteiger charge is -2.16. The van der Waals surface area contributed by atoms with Crippen molar-refractivity contribution in [3.63, 3.8) is 0 Å². The molecule has 0 bridgehead atoms. The molecule has 3 rings (SSSR count). The van der Waals surface area contributed by atoms with E-state index >= 15 is 0 Å². The Labute approximate surface area is 137 Å². The van der Waals surface area contributed by atoms with Crippen molar-refractivity contribution in [1.82, 2.24) is 10.3 Å². The molecule has 1 aromatic heterocycles. The monoisotopic (exact) mass is 354 g/mol. The number of hydrogen-bond donors (Lipinski definition) is 1. The number of nitrogens with one attached hydrogen (secondary N) is 1. The summed E-state index contributed by atoms with van der Waals surface area (Å²) in [5, 5.41) is 3.91. The quantitative estimate of drug-likeness (QED) is 0.752. The number of carbonyl (C=O) groups is 1. The van der Waals surface area contributed by atoms with Crippen molar-refractivity contribution in [2.75, 3.05) is 0 Å². The third-order valence-electron chi connectivity index (χ3n) is 3.61. The molecule has 0 aliphatic carbocycles. The van der Waals surface area contributed by atoms with Crippen LogP contribution in [0.3, 0.4) is 0 Å². The lowest BCUT2D eigenvalue weighted by Crippen LogP contribution is -2.27. The van der Waals surface area contributed by atoms with Crippen LogP contribution in [0.15, 0.2) is 65.3 Å². The second-order valence-electron chi connectivity index (χ2n) is 5.09. The molecule has 0 spiro atoms. The number of aromatic nitrogens is 1. The van der Waals surface area contributed by atoms with Crippen molar-refractivity contribution in [1.29, 1.82) is 0 Å². The number of nitrogens with zero attached hydrogens (tertiary/aromatic N) is 1. The molecule has 0 saturated heterocycles. The summed E-state index contributed by atoms with van der Waals surface area (Å²) in [6.45, 7) is 1.97. The predicted molar refractivity (Wildman–Crippen MR) is 91.8 cm³/mol. The van der Waals surface area contributed by atoms with Crippen LogP contribution in [0, 0.1) is 0 Å². The molecule has 2 aromatic carbocycles. The number of halogens is 1. The molecular formula is C18H15BrN2O. The standard InChI is InChI=1S/C18H15BrN2O/c1-12(13-6-2-3-9-16(13)19)21-18(22)15-7-4-10-17-14(15)8-5-11-20-17/h2-12H,1H3,(H,21,22)/t12-/m0/s1. The van der Waals surface area contributed by atoms with E-state index in [2.05, 4.69) is 26.2 Å². The van der Waals surface area contributed by atoms with E-state index in [9.17, 15) is 4.79 Å². The van der Waals surface area contributed by atoms with Crippen molar-refractivity contribution < 1.29 is 4.79 Å². The van der Waals surface area contributed by atoms with E-state index in [1.165, 1.54) is 0 Å². The molecule has 3 aromatic rings. The van der Waals surface area contributed by atoms with Gasteiger partial charge >= 0.3 is 0 Å². The van der Waals surface area contributed by atoms with Crippen LogP contribution in [0.1, 0.15) is 28.9 Å². The highest BCUT2D eigenvalue weighted by atomic mass is 79.9. The van der Waals surface area contributed by atoms with Crippen molar-refractivity contribution >= 4 is 32.7 Å². The molecule has 0 aliphatic heterocycles. The Morgan fingerprint density at radius 3 is 2.73 bits per heavy atom. The van der Waals surface area contributed by atoms with Gasteiger partial charge in [-0.05, 0) is 36.8 Å². The van der Waals surface area contributed by atoms with E-state index in [-0.39, 0.29) is 11.9 Å². The van der Waals surface area contributed by atoms with Crippen LogP contribution in [-0.2, 0) is 0 Å². The number of carbonyl (C=O) groups excluding carboxylic acids is 1. The number of rotatable bonds is 3. The highest BCUT2D eigenvalue weighted by molar-refractivity contribution is 9.10. The molecule has 22 heavy (non-hydrogen) atoms. The maximum Gasteiger partial charge on any atom is 0.252 e. The van der Waals surface area contributed by atoms with Crippen LogP contribution >= 0.6 is 15.9 Å². The van der Waals surface area contributed by atoms with Crippen LogP contribution < -0.4 is 5.32 Å². The second-order valence-corrected chi connectivity index (χ2v) is 5.95. The first kappa shape index (κ1) is 14.7. The molecule has 3 nitrogen and oxygen atoms in total.